The van der Waals surface area contributed by atoms with Crippen molar-refractivity contribution in [3.05, 3.63) is 52.7 Å². The largest absolute Gasteiger partial charge is 0.469 e. The molecule has 2 aromatic rings. The van der Waals surface area contributed by atoms with Crippen LogP contribution in [0.4, 0.5) is 11.5 Å². The summed E-state index contributed by atoms with van der Waals surface area (Å²) in [5.41, 5.74) is 8.92. The van der Waals surface area contributed by atoms with Gasteiger partial charge in [0.25, 0.3) is 0 Å². The van der Waals surface area contributed by atoms with Crippen molar-refractivity contribution in [2.24, 2.45) is 5.92 Å². The molecule has 2 N–H and O–H groups in total. The van der Waals surface area contributed by atoms with E-state index in [0.29, 0.717) is 23.0 Å². The minimum atomic E-state index is -0.216. The lowest BCUT2D eigenvalue weighted by atomic mass is 9.97. The highest BCUT2D eigenvalue weighted by Crippen LogP contribution is 2.29. The number of esters is 1. The number of pyridine rings is 1. The molecule has 0 spiro atoms. The monoisotopic (exact) mass is 359 g/mol. The van der Waals surface area contributed by atoms with E-state index in [9.17, 15) is 4.79 Å². The Morgan fingerprint density at radius 3 is 2.76 bits per heavy atom. The van der Waals surface area contributed by atoms with Crippen molar-refractivity contribution in [1.29, 1.82) is 0 Å². The Labute approximate surface area is 152 Å². The van der Waals surface area contributed by atoms with Crippen molar-refractivity contribution in [3.8, 4) is 0 Å². The molecule has 0 aliphatic carbocycles. The summed E-state index contributed by atoms with van der Waals surface area (Å²) in [6.45, 7) is 1.88. The first-order valence-corrected chi connectivity index (χ1v) is 8.73. The fourth-order valence-electron chi connectivity index (χ4n) is 3.27. The number of carbonyl (C=O) groups is 1. The Morgan fingerprint density at radius 1 is 1.36 bits per heavy atom. The molecule has 1 unspecified atom stereocenters. The average molecular weight is 360 g/mol. The van der Waals surface area contributed by atoms with Gasteiger partial charge in [0, 0.05) is 19.3 Å². The predicted octanol–water partition coefficient (Wildman–Crippen LogP) is 3.10. The van der Waals surface area contributed by atoms with Crippen LogP contribution in [0.1, 0.15) is 17.5 Å². The maximum atomic E-state index is 11.3. The first-order valence-electron chi connectivity index (χ1n) is 8.35. The standard InChI is InChI=1S/C19H22ClN3O2/c1-25-18(24)9-14-4-2-13(3-5-14)8-15-6-7-23(12-15)19-17(21)10-16(20)11-22-19/h2-5,10-11,15H,6-9,12,21H2,1H3. The van der Waals surface area contributed by atoms with E-state index in [1.807, 2.05) is 12.1 Å². The summed E-state index contributed by atoms with van der Waals surface area (Å²) in [4.78, 5) is 17.9. The molecule has 3 rings (SSSR count). The van der Waals surface area contributed by atoms with E-state index in [0.717, 1.165) is 37.3 Å². The highest BCUT2D eigenvalue weighted by atomic mass is 35.5. The minimum Gasteiger partial charge on any atom is -0.469 e. The lowest BCUT2D eigenvalue weighted by Crippen LogP contribution is -2.22. The molecule has 0 radical (unpaired) electrons. The number of benzene rings is 1. The van der Waals surface area contributed by atoms with Crippen LogP contribution in [0.3, 0.4) is 0 Å². The van der Waals surface area contributed by atoms with Crippen molar-refractivity contribution >= 4 is 29.1 Å². The van der Waals surface area contributed by atoms with Crippen LogP contribution >= 0.6 is 11.6 Å². The van der Waals surface area contributed by atoms with Gasteiger partial charge in [0.1, 0.15) is 0 Å². The van der Waals surface area contributed by atoms with Gasteiger partial charge in [-0.25, -0.2) is 4.98 Å². The molecule has 1 aromatic carbocycles. The van der Waals surface area contributed by atoms with Crippen LogP contribution in [0, 0.1) is 5.92 Å². The predicted molar refractivity (Wildman–Crippen MR) is 99.8 cm³/mol. The van der Waals surface area contributed by atoms with Crippen molar-refractivity contribution in [2.75, 3.05) is 30.8 Å². The average Bonchev–Trinajstić information content (AvgIpc) is 3.04. The van der Waals surface area contributed by atoms with Crippen molar-refractivity contribution < 1.29 is 9.53 Å². The SMILES string of the molecule is COC(=O)Cc1ccc(CC2CCN(c3ncc(Cl)cc3N)C2)cc1. The first-order chi connectivity index (χ1) is 12.0. The fourth-order valence-corrected chi connectivity index (χ4v) is 3.44. The van der Waals surface area contributed by atoms with Crippen LogP contribution in [0.25, 0.3) is 0 Å². The van der Waals surface area contributed by atoms with E-state index in [1.165, 1.54) is 12.7 Å². The molecule has 5 nitrogen and oxygen atoms in total. The zero-order valence-electron chi connectivity index (χ0n) is 14.2. The Morgan fingerprint density at radius 2 is 2.08 bits per heavy atom. The molecule has 1 saturated heterocycles. The molecule has 1 atom stereocenters. The maximum absolute atomic E-state index is 11.3. The second-order valence-electron chi connectivity index (χ2n) is 6.44. The van der Waals surface area contributed by atoms with Crippen molar-refractivity contribution in [2.45, 2.75) is 19.3 Å². The number of hydrogen-bond acceptors (Lipinski definition) is 5. The summed E-state index contributed by atoms with van der Waals surface area (Å²) in [5, 5.41) is 0.559. The van der Waals surface area contributed by atoms with Crippen molar-refractivity contribution in [3.63, 3.8) is 0 Å². The van der Waals surface area contributed by atoms with Crippen LogP contribution < -0.4 is 10.6 Å². The normalized spacial score (nSPS) is 16.9. The summed E-state index contributed by atoms with van der Waals surface area (Å²) in [5.74, 6) is 1.16. The van der Waals surface area contributed by atoms with Gasteiger partial charge in [-0.05, 0) is 36.0 Å². The molecule has 1 aromatic heterocycles. The number of nitrogen functional groups attached to an aromatic ring is 1. The topological polar surface area (TPSA) is 68.5 Å². The van der Waals surface area contributed by atoms with E-state index >= 15 is 0 Å². The van der Waals surface area contributed by atoms with Crippen LogP contribution in [-0.4, -0.2) is 31.2 Å². The first kappa shape index (κ1) is 17.5. The maximum Gasteiger partial charge on any atom is 0.309 e. The second-order valence-corrected chi connectivity index (χ2v) is 6.88. The molecular formula is C19H22ClN3O2. The molecule has 0 saturated carbocycles. The third kappa shape index (κ3) is 4.42. The number of nitrogens with zero attached hydrogens (tertiary/aromatic N) is 2. The van der Waals surface area contributed by atoms with Crippen LogP contribution in [0.15, 0.2) is 36.5 Å². The summed E-state index contributed by atoms with van der Waals surface area (Å²) >= 11 is 5.92. The zero-order valence-corrected chi connectivity index (χ0v) is 15.0. The lowest BCUT2D eigenvalue weighted by molar-refractivity contribution is -0.139. The molecule has 0 amide bonds. The van der Waals surface area contributed by atoms with Gasteiger partial charge in [0.05, 0.1) is 24.2 Å². The van der Waals surface area contributed by atoms with Gasteiger partial charge < -0.3 is 15.4 Å². The Balaban J connectivity index is 1.58. The van der Waals surface area contributed by atoms with Crippen LogP contribution in [0.5, 0.6) is 0 Å². The number of carbonyl (C=O) groups excluding carboxylic acids is 1. The van der Waals surface area contributed by atoms with Crippen molar-refractivity contribution in [1.82, 2.24) is 4.98 Å². The molecule has 25 heavy (non-hydrogen) atoms. The number of ether oxygens (including phenoxy) is 1. The van der Waals surface area contributed by atoms with Crippen LogP contribution in [-0.2, 0) is 22.4 Å². The van der Waals surface area contributed by atoms with Gasteiger partial charge in [0.2, 0.25) is 0 Å². The molecule has 6 heteroatoms. The van der Waals surface area contributed by atoms with Gasteiger partial charge >= 0.3 is 5.97 Å². The van der Waals surface area contributed by atoms with Gasteiger partial charge in [-0.3, -0.25) is 4.79 Å². The summed E-state index contributed by atoms with van der Waals surface area (Å²) in [6, 6.07) is 9.93. The molecule has 1 aliphatic heterocycles. The summed E-state index contributed by atoms with van der Waals surface area (Å²) in [6.07, 6.45) is 4.06. The van der Waals surface area contributed by atoms with Gasteiger partial charge in [0.15, 0.2) is 5.82 Å². The number of halogens is 1. The smallest absolute Gasteiger partial charge is 0.309 e. The molecule has 132 valence electrons. The lowest BCUT2D eigenvalue weighted by Gasteiger charge is -2.19. The number of anilines is 2. The fraction of sp³-hybridized carbons (Fsp3) is 0.368. The molecule has 0 bridgehead atoms. The number of rotatable bonds is 5. The van der Waals surface area contributed by atoms with E-state index < -0.39 is 0 Å². The molecule has 1 fully saturated rings. The third-order valence-electron chi connectivity index (χ3n) is 4.57. The number of aromatic nitrogens is 1. The zero-order chi connectivity index (χ0) is 17.8. The number of hydrogen-bond donors (Lipinski definition) is 1. The number of nitrogens with two attached hydrogens (primary N) is 1. The van der Waals surface area contributed by atoms with Gasteiger partial charge in [-0.15, -0.1) is 0 Å². The van der Waals surface area contributed by atoms with Gasteiger partial charge in [-0.2, -0.15) is 0 Å². The highest BCUT2D eigenvalue weighted by Gasteiger charge is 2.25. The van der Waals surface area contributed by atoms with E-state index in [-0.39, 0.29) is 5.97 Å². The Bertz CT molecular complexity index is 749. The molecule has 2 heterocycles. The third-order valence-corrected chi connectivity index (χ3v) is 4.78. The highest BCUT2D eigenvalue weighted by molar-refractivity contribution is 6.30. The Hall–Kier alpha value is -2.27. The number of methoxy groups -OCH3 is 1. The van der Waals surface area contributed by atoms with E-state index in [4.69, 9.17) is 22.1 Å². The van der Waals surface area contributed by atoms with E-state index in [2.05, 4.69) is 22.0 Å². The molecule has 1 aliphatic rings. The Kier molecular flexibility index (Phi) is 5.43. The summed E-state index contributed by atoms with van der Waals surface area (Å²) in [7, 11) is 1.41. The summed E-state index contributed by atoms with van der Waals surface area (Å²) < 4.78 is 4.69. The van der Waals surface area contributed by atoms with E-state index in [1.54, 1.807) is 12.3 Å². The second kappa shape index (κ2) is 7.74. The van der Waals surface area contributed by atoms with Gasteiger partial charge in [-0.1, -0.05) is 35.9 Å². The minimum absolute atomic E-state index is 0.216. The molecular weight excluding hydrogens is 338 g/mol. The van der Waals surface area contributed by atoms with Crippen LogP contribution in [0.2, 0.25) is 5.02 Å². The quantitative estimate of drug-likeness (QED) is 0.831.